The topological polar surface area (TPSA) is 137 Å². The number of rotatable bonds is 38. The molecule has 15 heteroatoms. The van der Waals surface area contributed by atoms with E-state index in [1.54, 1.807) is 0 Å². The Hall–Kier alpha value is 1.97. The summed E-state index contributed by atoms with van der Waals surface area (Å²) in [6, 6.07) is 0. The Morgan fingerprint density at radius 3 is 0.451 bits per heavy atom. The van der Waals surface area contributed by atoms with Crippen molar-refractivity contribution >= 4 is 31.7 Å². The van der Waals surface area contributed by atoms with E-state index in [0.717, 1.165) is 106 Å². The van der Waals surface area contributed by atoms with Gasteiger partial charge in [-0.15, -0.1) is 31.7 Å². The summed E-state index contributed by atoms with van der Waals surface area (Å²) in [6.45, 7) is 30.4. The third-order valence-corrected chi connectivity index (χ3v) is 18.2. The first-order valence-electron chi connectivity index (χ1n) is 19.1. The van der Waals surface area contributed by atoms with Crippen LogP contribution in [0.4, 0.5) is 0 Å². The van der Waals surface area contributed by atoms with Gasteiger partial charge in [0.05, 0.1) is 52.9 Å². The molecule has 0 spiro atoms. The van der Waals surface area contributed by atoms with E-state index >= 15 is 0 Å². The van der Waals surface area contributed by atoms with Crippen molar-refractivity contribution in [3.8, 4) is 0 Å². The molecule has 0 amide bonds. The molecular weight excluding hydrogens is 814 g/mol. The van der Waals surface area contributed by atoms with Gasteiger partial charge in [0, 0.05) is 73.0 Å². The fraction of sp³-hybridized carbons (Fsp3) is 1.00. The van der Waals surface area contributed by atoms with Crippen LogP contribution in [-0.2, 0) is 58.0 Å². The first kappa shape index (κ1) is 62.2. The minimum Gasteiger partial charge on any atom is -0.412 e. The minimum atomic E-state index is 0. The van der Waals surface area contributed by atoms with Gasteiger partial charge < -0.3 is 48.8 Å². The van der Waals surface area contributed by atoms with Crippen LogP contribution in [0.3, 0.4) is 0 Å². The molecule has 0 aliphatic rings. The molecule has 0 unspecified atom stereocenters. The van der Waals surface area contributed by atoms with Gasteiger partial charge in [-0.05, 0) is 129 Å². The molecule has 4 N–H and O–H groups in total. The Kier molecular flexibility index (Phi) is 65.9. The standard InChI is InChI=1S/2C18H40O4P2.2H2O.Tc/c2*1-5-19-9-13-23(14-10-20-6-2)17-18-24(15-11-21-7-3)16-12-22-8-4;;;/h2*5-18H2,1-4H3;2*1H2;. The third kappa shape index (κ3) is 48.0. The maximum atomic E-state index is 5.58. The second-order valence-corrected chi connectivity index (χ2v) is 21.7. The molecule has 0 aromatic rings. The van der Waals surface area contributed by atoms with Gasteiger partial charge in [0.15, 0.2) is 0 Å². The molecule has 0 rings (SSSR count). The summed E-state index contributed by atoms with van der Waals surface area (Å²) in [5, 5.41) is 0. The first-order chi connectivity index (χ1) is 23.6. The molecule has 0 aromatic carbocycles. The average molecular weight is 899 g/mol. The van der Waals surface area contributed by atoms with Crippen LogP contribution in [0.2, 0.25) is 0 Å². The van der Waals surface area contributed by atoms with Gasteiger partial charge in [-0.25, -0.2) is 0 Å². The van der Waals surface area contributed by atoms with Crippen LogP contribution in [0, 0.1) is 0 Å². The molecule has 315 valence electrons. The smallest absolute Gasteiger partial charge is 0.0505 e. The van der Waals surface area contributed by atoms with Gasteiger partial charge in [0.1, 0.15) is 0 Å². The van der Waals surface area contributed by atoms with E-state index < -0.39 is 0 Å². The Bertz CT molecular complexity index is 462. The molecule has 1 radical (unpaired) electrons. The Morgan fingerprint density at radius 2 is 0.353 bits per heavy atom. The zero-order valence-corrected chi connectivity index (χ0v) is 39.7. The molecule has 0 aliphatic heterocycles. The number of ether oxygens (including phenoxy) is 8. The van der Waals surface area contributed by atoms with E-state index in [1.165, 1.54) is 73.9 Å². The van der Waals surface area contributed by atoms with Gasteiger partial charge in [0.2, 0.25) is 0 Å². The normalized spacial score (nSPS) is 11.1. The van der Waals surface area contributed by atoms with Gasteiger partial charge in [-0.3, -0.25) is 0 Å². The summed E-state index contributed by atoms with van der Waals surface area (Å²) in [4.78, 5) is 0. The predicted octanol–water partition coefficient (Wildman–Crippen LogP) is 6.54. The van der Waals surface area contributed by atoms with Crippen LogP contribution in [0.5, 0.6) is 0 Å². The fourth-order valence-electron chi connectivity index (χ4n) is 4.61. The van der Waals surface area contributed by atoms with Crippen molar-refractivity contribution in [1.82, 2.24) is 0 Å². The Balaban J connectivity index is -0.000000261. The molecule has 0 atom stereocenters. The SMILES string of the molecule is CCOCCP(CCOCC)CCP(CCOCC)CCOCC.CCOCCP(CCOCC)CCP(CCOCC)CCOCC.O.O.[Tc]. The van der Waals surface area contributed by atoms with Crippen LogP contribution >= 0.6 is 31.7 Å². The van der Waals surface area contributed by atoms with E-state index in [2.05, 4.69) is 55.4 Å². The van der Waals surface area contributed by atoms with Crippen LogP contribution in [-0.4, -0.2) is 191 Å². The van der Waals surface area contributed by atoms with Gasteiger partial charge in [-0.2, -0.15) is 0 Å². The van der Waals surface area contributed by atoms with Crippen molar-refractivity contribution in [3.05, 3.63) is 0 Å². The first-order valence-corrected chi connectivity index (χ1v) is 26.7. The fourth-order valence-corrected chi connectivity index (χ4v) is 14.9. The maximum Gasteiger partial charge on any atom is 0.0505 e. The number of hydrogen-bond acceptors (Lipinski definition) is 8. The monoisotopic (exact) mass is 897 g/mol. The molecular formula is C36H84O10P4Tc. The zero-order valence-electron chi connectivity index (χ0n) is 34.2. The number of hydrogen-bond donors (Lipinski definition) is 0. The van der Waals surface area contributed by atoms with Gasteiger partial charge in [0.25, 0.3) is 0 Å². The predicted molar refractivity (Wildman–Crippen MR) is 225 cm³/mol. The van der Waals surface area contributed by atoms with E-state index in [0.29, 0.717) is 0 Å². The van der Waals surface area contributed by atoms with E-state index in [-0.39, 0.29) is 62.7 Å². The molecule has 0 aromatic heterocycles. The van der Waals surface area contributed by atoms with Crippen molar-refractivity contribution in [1.29, 1.82) is 0 Å². The van der Waals surface area contributed by atoms with E-state index in [1.807, 2.05) is 0 Å². The summed E-state index contributed by atoms with van der Waals surface area (Å²) in [6.07, 6.45) is 15.1. The third-order valence-electron chi connectivity index (χ3n) is 7.51. The summed E-state index contributed by atoms with van der Waals surface area (Å²) < 4.78 is 44.6. The van der Waals surface area contributed by atoms with Crippen molar-refractivity contribution in [3.63, 3.8) is 0 Å². The second-order valence-electron chi connectivity index (χ2n) is 10.9. The van der Waals surface area contributed by atoms with Crippen molar-refractivity contribution < 1.29 is 69.0 Å². The van der Waals surface area contributed by atoms with Crippen molar-refractivity contribution in [2.45, 2.75) is 55.4 Å². The van der Waals surface area contributed by atoms with Gasteiger partial charge >= 0.3 is 0 Å². The average Bonchev–Trinajstić information content (AvgIpc) is 3.09. The molecule has 0 heterocycles. The van der Waals surface area contributed by atoms with Crippen molar-refractivity contribution in [2.24, 2.45) is 0 Å². The Morgan fingerprint density at radius 1 is 0.235 bits per heavy atom. The summed E-state index contributed by atoms with van der Waals surface area (Å²) in [5.41, 5.74) is 0. The van der Waals surface area contributed by atoms with Gasteiger partial charge in [-0.1, -0.05) is 0 Å². The van der Waals surface area contributed by atoms with Crippen LogP contribution in [0.15, 0.2) is 0 Å². The van der Waals surface area contributed by atoms with E-state index in [4.69, 9.17) is 37.9 Å². The summed E-state index contributed by atoms with van der Waals surface area (Å²) in [7, 11) is 0.124. The second kappa shape index (κ2) is 54.1. The maximum absolute atomic E-state index is 5.58. The molecule has 0 saturated heterocycles. The molecule has 0 fully saturated rings. The molecule has 0 bridgehead atoms. The molecule has 0 saturated carbocycles. The molecule has 0 aliphatic carbocycles. The van der Waals surface area contributed by atoms with Crippen LogP contribution in [0.1, 0.15) is 55.4 Å². The molecule has 10 nitrogen and oxygen atoms in total. The van der Waals surface area contributed by atoms with E-state index in [9.17, 15) is 0 Å². The van der Waals surface area contributed by atoms with Crippen molar-refractivity contribution in [2.75, 3.05) is 180 Å². The quantitative estimate of drug-likeness (QED) is 0.0504. The Labute approximate surface area is 334 Å². The van der Waals surface area contributed by atoms with Crippen LogP contribution < -0.4 is 0 Å². The summed E-state index contributed by atoms with van der Waals surface area (Å²) in [5.74, 6) is 0. The largest absolute Gasteiger partial charge is 0.412 e. The zero-order chi connectivity index (χ0) is 35.8. The summed E-state index contributed by atoms with van der Waals surface area (Å²) >= 11 is 0. The minimum absolute atomic E-state index is 0. The molecule has 51 heavy (non-hydrogen) atoms. The van der Waals surface area contributed by atoms with Crippen LogP contribution in [0.25, 0.3) is 0 Å².